The number of hydrogen-bond donors (Lipinski definition) is 3. The molecule has 1 aliphatic heterocycles. The normalized spacial score (nSPS) is 24.9. The first-order valence-corrected chi connectivity index (χ1v) is 6.44. The maximum absolute atomic E-state index is 11.1. The first-order valence-electron chi connectivity index (χ1n) is 6.44. The maximum atomic E-state index is 11.1. The highest BCUT2D eigenvalue weighted by molar-refractivity contribution is 5.94. The quantitative estimate of drug-likeness (QED) is 0.454. The van der Waals surface area contributed by atoms with Gasteiger partial charge in [-0.05, 0) is 19.3 Å². The Morgan fingerprint density at radius 3 is 2.65 bits per heavy atom. The molecular formula is C13H24N2O5. The molecule has 0 spiro atoms. The van der Waals surface area contributed by atoms with Crippen LogP contribution in [0.4, 0.5) is 0 Å². The molecule has 1 saturated heterocycles. The Labute approximate surface area is 119 Å². The van der Waals surface area contributed by atoms with Crippen LogP contribution in [0.2, 0.25) is 0 Å². The smallest absolute Gasteiger partial charge is 0.251 e. The number of amides is 2. The summed E-state index contributed by atoms with van der Waals surface area (Å²) in [5, 5.41) is 18.4. The molecule has 0 aromatic rings. The molecule has 0 bridgehead atoms. The molecule has 1 heterocycles. The molecule has 20 heavy (non-hydrogen) atoms. The molecule has 116 valence electrons. The number of aliphatic hydroxyl groups is 2. The van der Waals surface area contributed by atoms with Crippen LogP contribution in [0, 0.1) is 0 Å². The fraction of sp³-hybridized carbons (Fsp3) is 0.692. The molecular weight excluding hydrogens is 264 g/mol. The third-order valence-electron chi connectivity index (χ3n) is 3.28. The zero-order chi connectivity index (χ0) is 15.6. The molecule has 0 aromatic carbocycles. The van der Waals surface area contributed by atoms with Crippen molar-refractivity contribution in [3.8, 4) is 0 Å². The average Bonchev–Trinajstić information content (AvgIpc) is 2.92. The number of hydrogen-bond acceptors (Lipinski definition) is 6. The van der Waals surface area contributed by atoms with Crippen LogP contribution in [0.15, 0.2) is 12.3 Å². The van der Waals surface area contributed by atoms with E-state index in [1.54, 1.807) is 18.1 Å². The lowest BCUT2D eigenvalue weighted by Gasteiger charge is -2.28. The Morgan fingerprint density at radius 2 is 2.20 bits per heavy atom. The van der Waals surface area contributed by atoms with Crippen LogP contribution in [-0.2, 0) is 14.3 Å². The minimum Gasteiger partial charge on any atom is -0.400 e. The Balaban J connectivity index is 0.00000172. The zero-order valence-electron chi connectivity index (χ0n) is 12.2. The van der Waals surface area contributed by atoms with E-state index in [-0.39, 0.29) is 12.8 Å². The fourth-order valence-electron chi connectivity index (χ4n) is 1.96. The van der Waals surface area contributed by atoms with Crippen molar-refractivity contribution < 1.29 is 24.5 Å². The van der Waals surface area contributed by atoms with Crippen molar-refractivity contribution in [1.29, 1.82) is 0 Å². The third-order valence-corrected chi connectivity index (χ3v) is 3.28. The molecule has 0 aliphatic carbocycles. The van der Waals surface area contributed by atoms with E-state index in [1.807, 2.05) is 12.2 Å². The van der Waals surface area contributed by atoms with E-state index < -0.39 is 11.5 Å². The summed E-state index contributed by atoms with van der Waals surface area (Å²) >= 11 is 0. The van der Waals surface area contributed by atoms with E-state index in [4.69, 9.17) is 9.84 Å². The molecule has 0 radical (unpaired) electrons. The largest absolute Gasteiger partial charge is 0.400 e. The number of carbonyl (C=O) groups is 2. The van der Waals surface area contributed by atoms with Gasteiger partial charge in [0.25, 0.3) is 5.91 Å². The van der Waals surface area contributed by atoms with E-state index in [2.05, 4.69) is 0 Å². The Bertz CT molecular complexity index is 329. The van der Waals surface area contributed by atoms with Crippen molar-refractivity contribution >= 4 is 12.3 Å². The van der Waals surface area contributed by atoms with E-state index in [9.17, 15) is 14.7 Å². The van der Waals surface area contributed by atoms with Gasteiger partial charge >= 0.3 is 0 Å². The van der Waals surface area contributed by atoms with Gasteiger partial charge in [0.2, 0.25) is 6.41 Å². The molecule has 1 rings (SSSR count). The zero-order valence-corrected chi connectivity index (χ0v) is 12.2. The molecule has 7 heteroatoms. The second-order valence-electron chi connectivity index (χ2n) is 4.41. The maximum Gasteiger partial charge on any atom is 0.251 e. The van der Waals surface area contributed by atoms with Gasteiger partial charge in [-0.2, -0.15) is 0 Å². The minimum atomic E-state index is -0.473. The van der Waals surface area contributed by atoms with E-state index in [1.165, 1.54) is 6.08 Å². The van der Waals surface area contributed by atoms with E-state index >= 15 is 0 Å². The summed E-state index contributed by atoms with van der Waals surface area (Å²) in [6.45, 7) is 1.98. The summed E-state index contributed by atoms with van der Waals surface area (Å²) in [6, 6.07) is 0. The monoisotopic (exact) mass is 288 g/mol. The van der Waals surface area contributed by atoms with Crippen molar-refractivity contribution in [2.75, 3.05) is 20.8 Å². The second-order valence-corrected chi connectivity index (χ2v) is 4.41. The van der Waals surface area contributed by atoms with E-state index in [0.29, 0.717) is 6.41 Å². The predicted molar refractivity (Wildman–Crippen MR) is 73.5 cm³/mol. The van der Waals surface area contributed by atoms with Gasteiger partial charge in [-0.25, -0.2) is 0 Å². The van der Waals surface area contributed by atoms with Gasteiger partial charge in [-0.1, -0.05) is 6.92 Å². The third kappa shape index (κ3) is 5.28. The minimum absolute atomic E-state index is 0.00316. The predicted octanol–water partition coefficient (Wildman–Crippen LogP) is -0.409. The lowest BCUT2D eigenvalue weighted by atomic mass is 9.98. The second kappa shape index (κ2) is 9.46. The molecule has 7 nitrogen and oxygen atoms in total. The van der Waals surface area contributed by atoms with Crippen LogP contribution in [0.5, 0.6) is 0 Å². The lowest BCUT2D eigenvalue weighted by molar-refractivity contribution is -0.122. The molecule has 1 fully saturated rings. The van der Waals surface area contributed by atoms with Crippen LogP contribution < -0.4 is 5.32 Å². The highest BCUT2D eigenvalue weighted by Gasteiger charge is 2.39. The van der Waals surface area contributed by atoms with Gasteiger partial charge in [-0.15, -0.1) is 0 Å². The highest BCUT2D eigenvalue weighted by atomic mass is 16.5. The first-order chi connectivity index (χ1) is 9.56. The number of imide groups is 1. The Kier molecular flexibility index (Phi) is 8.78. The number of nitrogens with one attached hydrogen (secondary N) is 1. The van der Waals surface area contributed by atoms with Crippen molar-refractivity contribution in [2.45, 2.75) is 38.0 Å². The van der Waals surface area contributed by atoms with Gasteiger partial charge < -0.3 is 19.8 Å². The molecule has 0 aromatic heterocycles. The standard InChI is InChI=1S/C12H20N2O4.CH4O/c1-3-12(8-15)6-4-11(18-12)14(2)7-5-10(17)13-9-16;1-2/h5,7,9,11,15H,3-4,6,8H2,1-2H3,(H,13,16,17);2H,1H3/b7-5-;. The summed E-state index contributed by atoms with van der Waals surface area (Å²) in [7, 11) is 2.79. The molecule has 0 saturated carbocycles. The first kappa shape index (κ1) is 18.6. The van der Waals surface area contributed by atoms with Crippen LogP contribution in [0.1, 0.15) is 26.2 Å². The summed E-state index contributed by atoms with van der Waals surface area (Å²) in [5.74, 6) is -0.473. The number of rotatable bonds is 6. The van der Waals surface area contributed by atoms with Crippen LogP contribution in [0.3, 0.4) is 0 Å². The average molecular weight is 288 g/mol. The molecule has 2 atom stereocenters. The molecule has 2 amide bonds. The molecule has 2 unspecified atom stereocenters. The highest BCUT2D eigenvalue weighted by Crippen LogP contribution is 2.33. The van der Waals surface area contributed by atoms with Crippen molar-refractivity contribution in [1.82, 2.24) is 10.2 Å². The summed E-state index contributed by atoms with van der Waals surface area (Å²) in [5.41, 5.74) is -0.460. The fourth-order valence-corrected chi connectivity index (χ4v) is 1.96. The van der Waals surface area contributed by atoms with Gasteiger partial charge in [0.1, 0.15) is 6.23 Å². The van der Waals surface area contributed by atoms with Gasteiger partial charge in [0.15, 0.2) is 0 Å². The summed E-state index contributed by atoms with van der Waals surface area (Å²) in [6.07, 6.45) is 5.36. The SMILES string of the molecule is CCC1(CO)CCC(N(C)/C=C\C(=O)NC=O)O1.CO. The van der Waals surface area contributed by atoms with Gasteiger partial charge in [0.05, 0.1) is 12.2 Å². The van der Waals surface area contributed by atoms with Gasteiger partial charge in [0, 0.05) is 26.4 Å². The molecule has 1 aliphatic rings. The Morgan fingerprint density at radius 1 is 1.55 bits per heavy atom. The number of aliphatic hydroxyl groups excluding tert-OH is 2. The van der Waals surface area contributed by atoms with Crippen molar-refractivity contribution in [3.05, 3.63) is 12.3 Å². The van der Waals surface area contributed by atoms with Crippen molar-refractivity contribution in [2.24, 2.45) is 0 Å². The van der Waals surface area contributed by atoms with Crippen LogP contribution in [0.25, 0.3) is 0 Å². The number of nitrogens with zero attached hydrogens (tertiary/aromatic N) is 1. The Hall–Kier alpha value is -1.44. The van der Waals surface area contributed by atoms with Crippen molar-refractivity contribution in [3.63, 3.8) is 0 Å². The van der Waals surface area contributed by atoms with Crippen LogP contribution >= 0.6 is 0 Å². The lowest BCUT2D eigenvalue weighted by Crippen LogP contribution is -2.36. The number of carbonyl (C=O) groups excluding carboxylic acids is 2. The van der Waals surface area contributed by atoms with Gasteiger partial charge in [-0.3, -0.25) is 14.9 Å². The summed E-state index contributed by atoms with van der Waals surface area (Å²) < 4.78 is 5.82. The topological polar surface area (TPSA) is 99.1 Å². The number of ether oxygens (including phenoxy) is 1. The van der Waals surface area contributed by atoms with E-state index in [0.717, 1.165) is 26.4 Å². The molecule has 3 N–H and O–H groups in total. The van der Waals surface area contributed by atoms with Crippen LogP contribution in [-0.4, -0.2) is 60.0 Å². The summed E-state index contributed by atoms with van der Waals surface area (Å²) in [4.78, 5) is 22.9.